The smallest absolute Gasteiger partial charge is 0.166 e. The lowest BCUT2D eigenvalue weighted by atomic mass is 9.89. The topological polar surface area (TPSA) is 51.2 Å². The molecule has 0 aliphatic carbocycles. The second-order valence-corrected chi connectivity index (χ2v) is 8.35. The van der Waals surface area contributed by atoms with Gasteiger partial charge < -0.3 is 19.3 Å². The molecule has 1 aliphatic rings. The van der Waals surface area contributed by atoms with E-state index in [1.54, 1.807) is 21.3 Å². The van der Waals surface area contributed by atoms with Crippen LogP contribution in [-0.2, 0) is 19.4 Å². The largest absolute Gasteiger partial charge is 0.504 e. The van der Waals surface area contributed by atoms with E-state index in [0.717, 1.165) is 54.2 Å². The first-order valence-corrected chi connectivity index (χ1v) is 11.0. The number of phenols is 1. The van der Waals surface area contributed by atoms with Gasteiger partial charge in [-0.3, -0.25) is 4.90 Å². The fraction of sp³-hybridized carbons (Fsp3) is 0.308. The minimum Gasteiger partial charge on any atom is -0.504 e. The maximum Gasteiger partial charge on any atom is 0.166 e. The molecule has 4 rings (SSSR count). The third-order valence-electron chi connectivity index (χ3n) is 6.05. The summed E-state index contributed by atoms with van der Waals surface area (Å²) in [6.45, 7) is 2.59. The van der Waals surface area contributed by atoms with Crippen LogP contribution in [0.1, 0.15) is 16.7 Å². The van der Waals surface area contributed by atoms with Gasteiger partial charge in [0, 0.05) is 41.9 Å². The van der Waals surface area contributed by atoms with E-state index in [-0.39, 0.29) is 5.75 Å². The molecule has 0 saturated carbocycles. The van der Waals surface area contributed by atoms with Crippen molar-refractivity contribution in [3.05, 3.63) is 70.2 Å². The number of methoxy groups -OCH3 is 3. The molecule has 1 N–H and O–H groups in total. The van der Waals surface area contributed by atoms with Crippen molar-refractivity contribution in [1.82, 2.24) is 4.90 Å². The Morgan fingerprint density at radius 1 is 0.969 bits per heavy atom. The number of nitrogens with zero attached hydrogens (tertiary/aromatic N) is 1. The normalized spacial score (nSPS) is 13.5. The van der Waals surface area contributed by atoms with Gasteiger partial charge in [-0.25, -0.2) is 0 Å². The third kappa shape index (κ3) is 4.50. The zero-order valence-electron chi connectivity index (χ0n) is 18.7. The Bertz CT molecular complexity index is 1120. The molecule has 1 aliphatic heterocycles. The number of phenolic OH excluding ortho intramolecular Hbond substituents is 1. The lowest BCUT2D eigenvalue weighted by Gasteiger charge is -2.31. The van der Waals surface area contributed by atoms with E-state index in [2.05, 4.69) is 11.0 Å². The van der Waals surface area contributed by atoms with Gasteiger partial charge >= 0.3 is 0 Å². The van der Waals surface area contributed by atoms with Crippen LogP contribution in [0.4, 0.5) is 0 Å². The van der Waals surface area contributed by atoms with Crippen molar-refractivity contribution < 1.29 is 19.3 Å². The fourth-order valence-corrected chi connectivity index (χ4v) is 4.56. The summed E-state index contributed by atoms with van der Waals surface area (Å²) in [7, 11) is 4.83. The number of rotatable bonds is 7. The molecule has 0 radical (unpaired) electrons. The van der Waals surface area contributed by atoms with Gasteiger partial charge in [0.25, 0.3) is 0 Å². The molecular formula is C26H28ClNO4. The summed E-state index contributed by atoms with van der Waals surface area (Å²) in [4.78, 5) is 2.41. The highest BCUT2D eigenvalue weighted by Gasteiger charge is 2.26. The van der Waals surface area contributed by atoms with Crippen molar-refractivity contribution in [1.29, 1.82) is 0 Å². The van der Waals surface area contributed by atoms with Gasteiger partial charge in [-0.1, -0.05) is 23.7 Å². The maximum absolute atomic E-state index is 11.1. The standard InChI is InChI=1S/C26H28ClNO4/c1-30-20-7-8-21(23(15-20)31-2)25-22-16-28(11-9-17-5-4-6-19(27)13-17)12-10-18(22)14-24(32-3)26(25)29/h4-8,13-15,29H,9-12,16H2,1-3H3. The van der Waals surface area contributed by atoms with Crippen LogP contribution in [-0.4, -0.2) is 44.4 Å². The van der Waals surface area contributed by atoms with Crippen molar-refractivity contribution >= 4 is 11.6 Å². The van der Waals surface area contributed by atoms with E-state index >= 15 is 0 Å². The van der Waals surface area contributed by atoms with Gasteiger partial charge in [-0.15, -0.1) is 0 Å². The van der Waals surface area contributed by atoms with E-state index in [9.17, 15) is 5.11 Å². The Kier molecular flexibility index (Phi) is 6.77. The highest BCUT2D eigenvalue weighted by molar-refractivity contribution is 6.30. The van der Waals surface area contributed by atoms with Gasteiger partial charge in [0.1, 0.15) is 11.5 Å². The molecule has 3 aromatic carbocycles. The van der Waals surface area contributed by atoms with Crippen LogP contribution in [0.15, 0.2) is 48.5 Å². The zero-order valence-corrected chi connectivity index (χ0v) is 19.4. The molecule has 5 nitrogen and oxygen atoms in total. The number of benzene rings is 3. The Morgan fingerprint density at radius 3 is 2.50 bits per heavy atom. The molecular weight excluding hydrogens is 426 g/mol. The van der Waals surface area contributed by atoms with Crippen LogP contribution < -0.4 is 14.2 Å². The third-order valence-corrected chi connectivity index (χ3v) is 6.28. The van der Waals surface area contributed by atoms with Crippen LogP contribution in [0, 0.1) is 0 Å². The summed E-state index contributed by atoms with van der Waals surface area (Å²) < 4.78 is 16.5. The summed E-state index contributed by atoms with van der Waals surface area (Å²) in [6, 6.07) is 15.6. The zero-order chi connectivity index (χ0) is 22.7. The number of ether oxygens (including phenoxy) is 3. The average molecular weight is 454 g/mol. The Hall–Kier alpha value is -2.89. The SMILES string of the molecule is COc1ccc(-c2c(O)c(OC)cc3c2CN(CCc2cccc(Cl)c2)CC3)c(OC)c1. The molecule has 1 heterocycles. The number of aromatic hydroxyl groups is 1. The molecule has 0 fully saturated rings. The summed E-state index contributed by atoms with van der Waals surface area (Å²) in [6.07, 6.45) is 1.80. The minimum absolute atomic E-state index is 0.131. The van der Waals surface area contributed by atoms with Crippen LogP contribution >= 0.6 is 11.6 Å². The Labute approximate surface area is 194 Å². The van der Waals surface area contributed by atoms with Gasteiger partial charge in [0.2, 0.25) is 0 Å². The lowest BCUT2D eigenvalue weighted by Crippen LogP contribution is -2.32. The van der Waals surface area contributed by atoms with Crippen LogP contribution in [0.25, 0.3) is 11.1 Å². The molecule has 0 spiro atoms. The first kappa shape index (κ1) is 22.3. The minimum atomic E-state index is 0.131. The van der Waals surface area contributed by atoms with Crippen molar-refractivity contribution in [2.24, 2.45) is 0 Å². The van der Waals surface area contributed by atoms with Crippen LogP contribution in [0.3, 0.4) is 0 Å². The predicted molar refractivity (Wildman–Crippen MR) is 127 cm³/mol. The second kappa shape index (κ2) is 9.72. The predicted octanol–water partition coefficient (Wildman–Crippen LogP) is 5.34. The molecule has 0 unspecified atom stereocenters. The second-order valence-electron chi connectivity index (χ2n) is 7.91. The van der Waals surface area contributed by atoms with E-state index in [1.807, 2.05) is 42.5 Å². The van der Waals surface area contributed by atoms with Gasteiger partial charge in [0.05, 0.1) is 21.3 Å². The number of hydrogen-bond acceptors (Lipinski definition) is 5. The molecule has 168 valence electrons. The average Bonchev–Trinajstić information content (AvgIpc) is 2.82. The molecule has 0 bridgehead atoms. The lowest BCUT2D eigenvalue weighted by molar-refractivity contribution is 0.256. The highest BCUT2D eigenvalue weighted by Crippen LogP contribution is 2.47. The van der Waals surface area contributed by atoms with E-state index in [1.165, 1.54) is 11.1 Å². The number of hydrogen-bond donors (Lipinski definition) is 1. The highest BCUT2D eigenvalue weighted by atomic mass is 35.5. The molecule has 0 aromatic heterocycles. The van der Waals surface area contributed by atoms with Crippen molar-refractivity contribution in [2.75, 3.05) is 34.4 Å². The number of fused-ring (bicyclic) bond motifs is 1. The van der Waals surface area contributed by atoms with E-state index in [0.29, 0.717) is 17.2 Å². The van der Waals surface area contributed by atoms with Crippen molar-refractivity contribution in [3.8, 4) is 34.1 Å². The number of halogens is 1. The van der Waals surface area contributed by atoms with E-state index < -0.39 is 0 Å². The van der Waals surface area contributed by atoms with Crippen molar-refractivity contribution in [3.63, 3.8) is 0 Å². The molecule has 0 amide bonds. The summed E-state index contributed by atoms with van der Waals surface area (Å²) >= 11 is 6.14. The molecule has 0 atom stereocenters. The van der Waals surface area contributed by atoms with E-state index in [4.69, 9.17) is 25.8 Å². The monoisotopic (exact) mass is 453 g/mol. The first-order chi connectivity index (χ1) is 15.5. The maximum atomic E-state index is 11.1. The molecule has 3 aromatic rings. The first-order valence-electron chi connectivity index (χ1n) is 10.6. The quantitative estimate of drug-likeness (QED) is 0.523. The summed E-state index contributed by atoms with van der Waals surface area (Å²) in [5.74, 6) is 1.95. The van der Waals surface area contributed by atoms with Gasteiger partial charge in [-0.2, -0.15) is 0 Å². The Balaban J connectivity index is 1.70. The Morgan fingerprint density at radius 2 is 1.78 bits per heavy atom. The summed E-state index contributed by atoms with van der Waals surface area (Å²) in [5, 5.41) is 11.9. The van der Waals surface area contributed by atoms with Crippen LogP contribution in [0.2, 0.25) is 5.02 Å². The van der Waals surface area contributed by atoms with Gasteiger partial charge in [-0.05, 0) is 59.9 Å². The molecule has 6 heteroatoms. The molecule has 32 heavy (non-hydrogen) atoms. The fourth-order valence-electron chi connectivity index (χ4n) is 4.35. The van der Waals surface area contributed by atoms with Crippen LogP contribution in [0.5, 0.6) is 23.0 Å². The molecule has 0 saturated heterocycles. The van der Waals surface area contributed by atoms with Crippen molar-refractivity contribution in [2.45, 2.75) is 19.4 Å². The van der Waals surface area contributed by atoms with Gasteiger partial charge in [0.15, 0.2) is 11.5 Å². The summed E-state index contributed by atoms with van der Waals surface area (Å²) in [5.41, 5.74) is 5.08.